The Balaban J connectivity index is 1.80. The number of halogens is 1. The Morgan fingerprint density at radius 1 is 1.11 bits per heavy atom. The van der Waals surface area contributed by atoms with E-state index >= 15 is 0 Å². The third-order valence-electron chi connectivity index (χ3n) is 5.15. The summed E-state index contributed by atoms with van der Waals surface area (Å²) in [7, 11) is 1.65. The van der Waals surface area contributed by atoms with Crippen LogP contribution in [0.5, 0.6) is 5.75 Å². The van der Waals surface area contributed by atoms with Gasteiger partial charge in [-0.3, -0.25) is 9.69 Å². The number of amides is 1. The molecular weight excluding hydrogens is 376 g/mol. The Morgan fingerprint density at radius 2 is 1.75 bits per heavy atom. The molecule has 7 heteroatoms. The van der Waals surface area contributed by atoms with Gasteiger partial charge in [0.1, 0.15) is 12.1 Å². The number of anilines is 1. The third kappa shape index (κ3) is 3.24. The maximum atomic E-state index is 12.8. The predicted octanol–water partition coefficient (Wildman–Crippen LogP) is 4.42. The van der Waals surface area contributed by atoms with E-state index in [-0.39, 0.29) is 18.0 Å². The number of hydrogen-bond acceptors (Lipinski definition) is 4. The van der Waals surface area contributed by atoms with Crippen molar-refractivity contribution in [2.45, 2.75) is 31.8 Å². The van der Waals surface area contributed by atoms with E-state index in [0.717, 1.165) is 16.9 Å². The molecular formula is C21H21ClN4O2. The molecule has 0 fully saturated rings. The molecule has 2 heterocycles. The minimum Gasteiger partial charge on any atom is -0.497 e. The Hall–Kier alpha value is -2.86. The molecule has 0 N–H and O–H groups in total. The molecule has 0 radical (unpaired) electrons. The zero-order chi connectivity index (χ0) is 19.7. The van der Waals surface area contributed by atoms with Crippen LogP contribution in [0.3, 0.4) is 0 Å². The predicted molar refractivity (Wildman–Crippen MR) is 108 cm³/mol. The van der Waals surface area contributed by atoms with Crippen molar-refractivity contribution in [3.8, 4) is 5.75 Å². The van der Waals surface area contributed by atoms with Gasteiger partial charge in [0, 0.05) is 11.4 Å². The average Bonchev–Trinajstić information content (AvgIpc) is 3.22. The second-order valence-electron chi connectivity index (χ2n) is 6.71. The highest BCUT2D eigenvalue weighted by molar-refractivity contribution is 6.30. The van der Waals surface area contributed by atoms with Crippen LogP contribution in [0.25, 0.3) is 0 Å². The smallest absolute Gasteiger partial charge is 0.231 e. The van der Waals surface area contributed by atoms with Gasteiger partial charge >= 0.3 is 0 Å². The number of rotatable bonds is 4. The van der Waals surface area contributed by atoms with Crippen LogP contribution in [0.15, 0.2) is 54.9 Å². The van der Waals surface area contributed by atoms with E-state index in [2.05, 4.69) is 10.1 Å². The van der Waals surface area contributed by atoms with Gasteiger partial charge in [-0.2, -0.15) is 10.1 Å². The summed E-state index contributed by atoms with van der Waals surface area (Å²) in [5.41, 5.74) is 2.12. The lowest BCUT2D eigenvalue weighted by molar-refractivity contribution is -0.119. The van der Waals surface area contributed by atoms with Gasteiger partial charge in [-0.05, 0) is 41.8 Å². The number of benzene rings is 2. The molecule has 0 unspecified atom stereocenters. The molecule has 144 valence electrons. The number of fused-ring (bicyclic) bond motifs is 1. The largest absolute Gasteiger partial charge is 0.497 e. The minimum atomic E-state index is -0.145. The fourth-order valence-electron chi connectivity index (χ4n) is 3.72. The molecule has 1 amide bonds. The van der Waals surface area contributed by atoms with Crippen LogP contribution >= 0.6 is 11.6 Å². The zero-order valence-corrected chi connectivity index (χ0v) is 16.5. The molecule has 0 saturated heterocycles. The number of ether oxygens (including phenoxy) is 1. The van der Waals surface area contributed by atoms with Gasteiger partial charge in [-0.25, -0.2) is 4.68 Å². The van der Waals surface area contributed by atoms with Gasteiger partial charge in [0.25, 0.3) is 0 Å². The Morgan fingerprint density at radius 3 is 2.39 bits per heavy atom. The summed E-state index contributed by atoms with van der Waals surface area (Å²) in [6, 6.07) is 15.4. The van der Waals surface area contributed by atoms with Crippen LogP contribution in [0.4, 0.5) is 5.95 Å². The summed E-state index contributed by atoms with van der Waals surface area (Å²) >= 11 is 6.07. The molecule has 2 atom stereocenters. The Kier molecular flexibility index (Phi) is 5.05. The van der Waals surface area contributed by atoms with Gasteiger partial charge in [0.2, 0.25) is 11.9 Å². The van der Waals surface area contributed by atoms with Crippen molar-refractivity contribution in [2.75, 3.05) is 12.0 Å². The quantitative estimate of drug-likeness (QED) is 0.655. The number of carbonyl (C=O) groups is 1. The number of aromatic nitrogens is 3. The summed E-state index contributed by atoms with van der Waals surface area (Å²) in [5.74, 6) is 1.39. The van der Waals surface area contributed by atoms with Crippen LogP contribution in [-0.2, 0) is 4.79 Å². The van der Waals surface area contributed by atoms with E-state index in [1.165, 1.54) is 6.33 Å². The summed E-state index contributed by atoms with van der Waals surface area (Å²) < 4.78 is 7.11. The fraction of sp³-hybridized carbons (Fsp3) is 0.286. The lowest BCUT2D eigenvalue weighted by Crippen LogP contribution is -2.42. The summed E-state index contributed by atoms with van der Waals surface area (Å²) in [4.78, 5) is 19.0. The highest BCUT2D eigenvalue weighted by atomic mass is 35.5. The number of hydrogen-bond donors (Lipinski definition) is 0. The van der Waals surface area contributed by atoms with Crippen LogP contribution in [0.2, 0.25) is 5.02 Å². The maximum absolute atomic E-state index is 12.8. The number of carbonyl (C=O) groups excluding carboxylic acids is 1. The first-order chi connectivity index (χ1) is 13.6. The monoisotopic (exact) mass is 396 g/mol. The topological polar surface area (TPSA) is 60.2 Å². The molecule has 0 aliphatic carbocycles. The van der Waals surface area contributed by atoms with Crippen molar-refractivity contribution in [1.29, 1.82) is 0 Å². The van der Waals surface area contributed by atoms with E-state index in [0.29, 0.717) is 23.8 Å². The normalized spacial score (nSPS) is 18.6. The first-order valence-corrected chi connectivity index (χ1v) is 9.61. The van der Waals surface area contributed by atoms with E-state index in [1.807, 2.05) is 60.1 Å². The highest BCUT2D eigenvalue weighted by Crippen LogP contribution is 2.42. The zero-order valence-electron chi connectivity index (χ0n) is 15.7. The van der Waals surface area contributed by atoms with Gasteiger partial charge in [-0.1, -0.05) is 42.8 Å². The minimum absolute atomic E-state index is 0.0161. The molecule has 4 rings (SSSR count). The van der Waals surface area contributed by atoms with Crippen LogP contribution < -0.4 is 9.64 Å². The molecule has 28 heavy (non-hydrogen) atoms. The van der Waals surface area contributed by atoms with Gasteiger partial charge < -0.3 is 4.74 Å². The second kappa shape index (κ2) is 7.64. The molecule has 2 aromatic carbocycles. The van der Waals surface area contributed by atoms with Crippen LogP contribution in [-0.4, -0.2) is 27.8 Å². The highest BCUT2D eigenvalue weighted by Gasteiger charge is 2.38. The number of methoxy groups -OCH3 is 1. The van der Waals surface area contributed by atoms with Crippen LogP contribution in [0.1, 0.15) is 43.0 Å². The molecule has 1 aromatic heterocycles. The van der Waals surface area contributed by atoms with Gasteiger partial charge in [0.15, 0.2) is 0 Å². The lowest BCUT2D eigenvalue weighted by atomic mass is 9.91. The fourth-order valence-corrected chi connectivity index (χ4v) is 3.85. The van der Waals surface area contributed by atoms with E-state index in [4.69, 9.17) is 16.3 Å². The van der Waals surface area contributed by atoms with Crippen molar-refractivity contribution < 1.29 is 9.53 Å². The maximum Gasteiger partial charge on any atom is 0.231 e. The van der Waals surface area contributed by atoms with E-state index in [1.54, 1.807) is 12.0 Å². The average molecular weight is 397 g/mol. The molecule has 6 nitrogen and oxygen atoms in total. The third-order valence-corrected chi connectivity index (χ3v) is 5.40. The Bertz CT molecular complexity index is 969. The van der Waals surface area contributed by atoms with E-state index in [9.17, 15) is 4.79 Å². The molecule has 0 spiro atoms. The van der Waals surface area contributed by atoms with Gasteiger partial charge in [-0.15, -0.1) is 0 Å². The summed E-state index contributed by atoms with van der Waals surface area (Å²) in [6.07, 6.45) is 2.59. The van der Waals surface area contributed by atoms with Crippen molar-refractivity contribution in [2.24, 2.45) is 0 Å². The molecule has 3 aromatic rings. The SMILES string of the molecule is CCC(=O)N1c2ncnn2[C@H](c2ccc(OC)cc2)C[C@H]1c1ccc(Cl)cc1. The van der Waals surface area contributed by atoms with Crippen LogP contribution in [0, 0.1) is 0 Å². The molecule has 1 aliphatic heterocycles. The first-order valence-electron chi connectivity index (χ1n) is 9.23. The van der Waals surface area contributed by atoms with Crippen molar-refractivity contribution >= 4 is 23.5 Å². The standard InChI is InChI=1S/C21H21ClN4O2/c1-3-20(27)25-18(14-4-8-16(22)9-5-14)12-19(26-21(25)23-13-24-26)15-6-10-17(28-2)11-7-15/h4-11,13,18-19H,3,12H2,1-2H3/t18-,19-/m0/s1. The van der Waals surface area contributed by atoms with Crippen molar-refractivity contribution in [3.05, 3.63) is 71.0 Å². The Labute approximate surface area is 168 Å². The molecule has 0 saturated carbocycles. The molecule has 0 bridgehead atoms. The summed E-state index contributed by atoms with van der Waals surface area (Å²) in [6.45, 7) is 1.86. The number of nitrogens with zero attached hydrogens (tertiary/aromatic N) is 4. The second-order valence-corrected chi connectivity index (χ2v) is 7.15. The lowest BCUT2D eigenvalue weighted by Gasteiger charge is -2.39. The van der Waals surface area contributed by atoms with E-state index < -0.39 is 0 Å². The summed E-state index contributed by atoms with van der Waals surface area (Å²) in [5, 5.41) is 5.09. The molecule has 1 aliphatic rings. The van der Waals surface area contributed by atoms with Gasteiger partial charge in [0.05, 0.1) is 19.2 Å². The van der Waals surface area contributed by atoms with Crippen molar-refractivity contribution in [3.63, 3.8) is 0 Å². The first kappa shape index (κ1) is 18.5. The van der Waals surface area contributed by atoms with Crippen molar-refractivity contribution in [1.82, 2.24) is 14.8 Å².